The average Bonchev–Trinajstić information content (AvgIpc) is 3.03. The second-order valence-corrected chi connectivity index (χ2v) is 4.51. The van der Waals surface area contributed by atoms with Crippen molar-refractivity contribution in [2.45, 2.75) is 13.0 Å². The Balaban J connectivity index is 1.99. The van der Waals surface area contributed by atoms with Crippen LogP contribution < -0.4 is 10.6 Å². The number of nitrogens with one attached hydrogen (secondary N) is 2. The first-order valence-electron chi connectivity index (χ1n) is 6.99. The fourth-order valence-electron chi connectivity index (χ4n) is 2.00. The lowest BCUT2D eigenvalue weighted by molar-refractivity contribution is -0.119. The summed E-state index contributed by atoms with van der Waals surface area (Å²) in [5.41, 5.74) is 0.960. The number of benzene rings is 1. The van der Waals surface area contributed by atoms with Crippen molar-refractivity contribution in [2.24, 2.45) is 0 Å². The lowest BCUT2D eigenvalue weighted by Gasteiger charge is -2.16. The summed E-state index contributed by atoms with van der Waals surface area (Å²) in [5, 5.41) is 5.21. The monoisotopic (exact) mass is 302 g/mol. The van der Waals surface area contributed by atoms with E-state index in [9.17, 15) is 9.59 Å². The van der Waals surface area contributed by atoms with Crippen LogP contribution in [0.5, 0.6) is 0 Å². The van der Waals surface area contributed by atoms with E-state index in [1.165, 1.54) is 0 Å². The van der Waals surface area contributed by atoms with Crippen molar-refractivity contribution in [3.63, 3.8) is 0 Å². The van der Waals surface area contributed by atoms with E-state index in [0.717, 1.165) is 5.56 Å². The summed E-state index contributed by atoms with van der Waals surface area (Å²) in [7, 11) is 0. The molecule has 2 rings (SSSR count). The molecule has 1 aromatic heterocycles. The third-order valence-electron chi connectivity index (χ3n) is 2.94. The van der Waals surface area contributed by atoms with Crippen LogP contribution in [-0.2, 0) is 9.53 Å². The van der Waals surface area contributed by atoms with Crippen molar-refractivity contribution in [3.05, 3.63) is 60.1 Å². The molecule has 0 fully saturated rings. The van der Waals surface area contributed by atoms with E-state index < -0.39 is 12.0 Å². The largest absolute Gasteiger partial charge is 0.467 e. The number of hydrogen-bond acceptors (Lipinski definition) is 5. The van der Waals surface area contributed by atoms with Crippen LogP contribution in [0, 0.1) is 0 Å². The summed E-state index contributed by atoms with van der Waals surface area (Å²) in [5.74, 6) is 0.223. The summed E-state index contributed by atoms with van der Waals surface area (Å²) >= 11 is 0. The summed E-state index contributed by atoms with van der Waals surface area (Å²) < 4.78 is 10.1. The Bertz CT molecular complexity index is 596. The van der Waals surface area contributed by atoms with Gasteiger partial charge in [0.25, 0.3) is 0 Å². The van der Waals surface area contributed by atoms with Gasteiger partial charge in [-0.3, -0.25) is 15.4 Å². The van der Waals surface area contributed by atoms with Crippen molar-refractivity contribution in [1.29, 1.82) is 0 Å². The molecule has 0 aliphatic heterocycles. The van der Waals surface area contributed by atoms with Crippen molar-refractivity contribution >= 4 is 12.0 Å². The highest BCUT2D eigenvalue weighted by molar-refractivity contribution is 5.92. The molecule has 1 heterocycles. The Labute approximate surface area is 128 Å². The third kappa shape index (κ3) is 4.46. The molecule has 0 spiro atoms. The summed E-state index contributed by atoms with van der Waals surface area (Å²) in [6, 6.07) is 12.9. The van der Waals surface area contributed by atoms with E-state index in [0.29, 0.717) is 5.76 Å². The highest BCUT2D eigenvalue weighted by Gasteiger charge is 2.18. The van der Waals surface area contributed by atoms with Crippen LogP contribution in [-0.4, -0.2) is 25.2 Å². The summed E-state index contributed by atoms with van der Waals surface area (Å²) in [6.45, 7) is 1.84. The fourth-order valence-corrected chi connectivity index (χ4v) is 2.00. The topological polar surface area (TPSA) is 80.6 Å². The van der Waals surface area contributed by atoms with Crippen molar-refractivity contribution < 1.29 is 18.7 Å². The lowest BCUT2D eigenvalue weighted by Crippen LogP contribution is -2.39. The van der Waals surface area contributed by atoms with E-state index in [-0.39, 0.29) is 19.2 Å². The molecule has 2 amide bonds. The maximum absolute atomic E-state index is 11.7. The first-order chi connectivity index (χ1) is 10.7. The number of rotatable bonds is 6. The van der Waals surface area contributed by atoms with Gasteiger partial charge in [0.2, 0.25) is 5.91 Å². The smallest absolute Gasteiger partial charge is 0.413 e. The van der Waals surface area contributed by atoms with Gasteiger partial charge in [-0.2, -0.15) is 0 Å². The molecule has 0 radical (unpaired) electrons. The zero-order valence-electron chi connectivity index (χ0n) is 12.2. The number of hydrogen-bond donors (Lipinski definition) is 2. The second kappa shape index (κ2) is 7.99. The van der Waals surface area contributed by atoms with Gasteiger partial charge in [0.1, 0.15) is 5.76 Å². The normalized spacial score (nSPS) is 11.7. The quantitative estimate of drug-likeness (QED) is 0.855. The van der Waals surface area contributed by atoms with E-state index >= 15 is 0 Å². The summed E-state index contributed by atoms with van der Waals surface area (Å²) in [4.78, 5) is 22.9. The summed E-state index contributed by atoms with van der Waals surface area (Å²) in [6.07, 6.45) is 0.828. The molecule has 22 heavy (non-hydrogen) atoms. The molecular weight excluding hydrogens is 284 g/mol. The Morgan fingerprint density at radius 3 is 2.59 bits per heavy atom. The van der Waals surface area contributed by atoms with Gasteiger partial charge >= 0.3 is 6.09 Å². The highest BCUT2D eigenvalue weighted by Crippen LogP contribution is 2.21. The Morgan fingerprint density at radius 2 is 1.95 bits per heavy atom. The van der Waals surface area contributed by atoms with Gasteiger partial charge in [0, 0.05) is 0 Å². The van der Waals surface area contributed by atoms with Crippen LogP contribution >= 0.6 is 0 Å². The van der Waals surface area contributed by atoms with Gasteiger partial charge in [-0.15, -0.1) is 0 Å². The van der Waals surface area contributed by atoms with Crippen molar-refractivity contribution in [2.75, 3.05) is 13.2 Å². The molecule has 0 unspecified atom stereocenters. The van der Waals surface area contributed by atoms with Gasteiger partial charge in [-0.05, 0) is 24.6 Å². The lowest BCUT2D eigenvalue weighted by atomic mass is 10.0. The predicted octanol–water partition coefficient (Wildman–Crippen LogP) is 2.23. The standard InChI is InChI=1S/C16H18N2O4/c1-2-21-16(20)18-14(19)11-17-15(13-9-6-10-22-13)12-7-4-3-5-8-12/h3-10,15,17H,2,11H2,1H3,(H,18,19,20)/t15-/m1/s1. The van der Waals surface area contributed by atoms with Crippen LogP contribution in [0.15, 0.2) is 53.1 Å². The minimum Gasteiger partial charge on any atom is -0.467 e. The number of carbonyl (C=O) groups excluding carboxylic acids is 2. The maximum atomic E-state index is 11.7. The van der Waals surface area contributed by atoms with Crippen LogP contribution in [0.3, 0.4) is 0 Å². The second-order valence-electron chi connectivity index (χ2n) is 4.51. The number of amides is 2. The molecule has 6 heteroatoms. The van der Waals surface area contributed by atoms with Crippen LogP contribution in [0.2, 0.25) is 0 Å². The maximum Gasteiger partial charge on any atom is 0.413 e. The Morgan fingerprint density at radius 1 is 1.18 bits per heavy atom. The molecule has 1 atom stereocenters. The van der Waals surface area contributed by atoms with E-state index in [2.05, 4.69) is 15.4 Å². The molecule has 0 aliphatic carbocycles. The first kappa shape index (κ1) is 15.8. The molecule has 0 aliphatic rings. The van der Waals surface area contributed by atoms with Gasteiger partial charge in [0.15, 0.2) is 0 Å². The molecule has 2 N–H and O–H groups in total. The minimum atomic E-state index is -0.747. The number of imide groups is 1. The zero-order valence-corrected chi connectivity index (χ0v) is 12.2. The fraction of sp³-hybridized carbons (Fsp3) is 0.250. The number of ether oxygens (including phenoxy) is 1. The highest BCUT2D eigenvalue weighted by atomic mass is 16.5. The molecule has 0 bridgehead atoms. The first-order valence-corrected chi connectivity index (χ1v) is 6.99. The molecule has 0 saturated heterocycles. The predicted molar refractivity (Wildman–Crippen MR) is 80.2 cm³/mol. The molecular formula is C16H18N2O4. The molecule has 0 saturated carbocycles. The number of furan rings is 1. The van der Waals surface area contributed by atoms with Gasteiger partial charge in [-0.25, -0.2) is 4.79 Å². The van der Waals surface area contributed by atoms with E-state index in [1.54, 1.807) is 19.3 Å². The SMILES string of the molecule is CCOC(=O)NC(=O)CN[C@H](c1ccccc1)c1ccco1. The number of carbonyl (C=O) groups is 2. The van der Waals surface area contributed by atoms with Gasteiger partial charge in [0.05, 0.1) is 25.5 Å². The molecule has 6 nitrogen and oxygen atoms in total. The van der Waals surface area contributed by atoms with Crippen LogP contribution in [0.25, 0.3) is 0 Å². The van der Waals surface area contributed by atoms with Gasteiger partial charge in [-0.1, -0.05) is 30.3 Å². The Kier molecular flexibility index (Phi) is 5.73. The van der Waals surface area contributed by atoms with Crippen LogP contribution in [0.4, 0.5) is 4.79 Å². The van der Waals surface area contributed by atoms with Crippen LogP contribution in [0.1, 0.15) is 24.3 Å². The molecule has 2 aromatic rings. The van der Waals surface area contributed by atoms with E-state index in [1.807, 2.05) is 36.4 Å². The van der Waals surface area contributed by atoms with E-state index in [4.69, 9.17) is 4.42 Å². The Hall–Kier alpha value is -2.60. The number of alkyl carbamates (subject to hydrolysis) is 1. The average molecular weight is 302 g/mol. The van der Waals surface area contributed by atoms with Crippen molar-refractivity contribution in [3.8, 4) is 0 Å². The third-order valence-corrected chi connectivity index (χ3v) is 2.94. The van der Waals surface area contributed by atoms with Crippen molar-refractivity contribution in [1.82, 2.24) is 10.6 Å². The zero-order chi connectivity index (χ0) is 15.8. The molecule has 116 valence electrons. The van der Waals surface area contributed by atoms with Gasteiger partial charge < -0.3 is 9.15 Å². The minimum absolute atomic E-state index is 0.0426. The molecule has 1 aromatic carbocycles.